The lowest BCUT2D eigenvalue weighted by molar-refractivity contribution is -0.132. The van der Waals surface area contributed by atoms with Crippen LogP contribution in [0.1, 0.15) is 18.4 Å². The highest BCUT2D eigenvalue weighted by atomic mass is 16.5. The fourth-order valence-electron chi connectivity index (χ4n) is 3.33. The third-order valence-electron chi connectivity index (χ3n) is 5.04. The van der Waals surface area contributed by atoms with E-state index in [1.165, 1.54) is 0 Å². The van der Waals surface area contributed by atoms with Crippen molar-refractivity contribution in [2.24, 2.45) is 5.92 Å². The number of benzene rings is 2. The maximum absolute atomic E-state index is 12.6. The predicted octanol–water partition coefficient (Wildman–Crippen LogP) is 2.86. The summed E-state index contributed by atoms with van der Waals surface area (Å²) in [6.45, 7) is 1.29. The molecule has 1 saturated heterocycles. The summed E-state index contributed by atoms with van der Waals surface area (Å²) in [6.07, 6.45) is 1.26. The van der Waals surface area contributed by atoms with Gasteiger partial charge >= 0.3 is 0 Å². The van der Waals surface area contributed by atoms with Crippen molar-refractivity contribution < 1.29 is 14.3 Å². The van der Waals surface area contributed by atoms with Crippen molar-refractivity contribution in [2.75, 3.05) is 37.4 Å². The molecule has 0 radical (unpaired) electrons. The smallest absolute Gasteiger partial charge is 0.241 e. The Labute approximate surface area is 170 Å². The molecule has 2 amide bonds. The minimum atomic E-state index is -0.129. The van der Waals surface area contributed by atoms with E-state index in [2.05, 4.69) is 16.7 Å². The molecular weight excluding hydrogens is 368 g/mol. The zero-order valence-electron chi connectivity index (χ0n) is 16.4. The average Bonchev–Trinajstić information content (AvgIpc) is 2.78. The van der Waals surface area contributed by atoms with E-state index in [9.17, 15) is 9.59 Å². The highest BCUT2D eigenvalue weighted by Crippen LogP contribution is 2.25. The number of para-hydroxylation sites is 2. The number of nitrogens with one attached hydrogen (secondary N) is 2. The second-order valence-corrected chi connectivity index (χ2v) is 6.89. The predicted molar refractivity (Wildman–Crippen MR) is 111 cm³/mol. The summed E-state index contributed by atoms with van der Waals surface area (Å²) in [5.41, 5.74) is 2.03. The molecule has 0 bridgehead atoms. The normalized spacial score (nSPS) is 14.0. The highest BCUT2D eigenvalue weighted by Gasteiger charge is 2.27. The van der Waals surface area contributed by atoms with E-state index < -0.39 is 0 Å². The average molecular weight is 392 g/mol. The molecule has 0 saturated carbocycles. The monoisotopic (exact) mass is 392 g/mol. The fourth-order valence-corrected chi connectivity index (χ4v) is 3.33. The van der Waals surface area contributed by atoms with Gasteiger partial charge in [0.25, 0.3) is 0 Å². The van der Waals surface area contributed by atoms with Crippen LogP contribution in [0.2, 0.25) is 0 Å². The standard InChI is InChI=1S/C22H24N4O3/c1-29-20-5-3-2-4-19(20)25-22(28)17-10-12-26(13-11-17)21(27)15-24-18-8-6-16(14-23)7-9-18/h2-9,17,24H,10-13,15H2,1H3,(H,25,28). The summed E-state index contributed by atoms with van der Waals surface area (Å²) in [7, 11) is 1.57. The SMILES string of the molecule is COc1ccccc1NC(=O)C1CCN(C(=O)CNc2ccc(C#N)cc2)CC1. The zero-order valence-corrected chi connectivity index (χ0v) is 16.4. The molecule has 1 aliphatic rings. The molecule has 0 atom stereocenters. The van der Waals surface area contributed by atoms with E-state index in [1.54, 1.807) is 42.3 Å². The van der Waals surface area contributed by atoms with Crippen molar-refractivity contribution in [1.82, 2.24) is 4.90 Å². The van der Waals surface area contributed by atoms with Crippen LogP contribution in [0.4, 0.5) is 11.4 Å². The second-order valence-electron chi connectivity index (χ2n) is 6.89. The first-order chi connectivity index (χ1) is 14.1. The number of hydrogen-bond donors (Lipinski definition) is 2. The molecule has 150 valence electrons. The van der Waals surface area contributed by atoms with Gasteiger partial charge in [-0.2, -0.15) is 5.26 Å². The molecule has 29 heavy (non-hydrogen) atoms. The van der Waals surface area contributed by atoms with Crippen LogP contribution in [-0.4, -0.2) is 43.5 Å². The number of amides is 2. The largest absolute Gasteiger partial charge is 0.495 e. The number of piperidine rings is 1. The Bertz CT molecular complexity index is 897. The van der Waals surface area contributed by atoms with Gasteiger partial charge in [-0.05, 0) is 49.2 Å². The Kier molecular flexibility index (Phi) is 6.69. The summed E-state index contributed by atoms with van der Waals surface area (Å²) >= 11 is 0. The van der Waals surface area contributed by atoms with Gasteiger partial charge in [0.1, 0.15) is 5.75 Å². The van der Waals surface area contributed by atoms with Crippen molar-refractivity contribution in [2.45, 2.75) is 12.8 Å². The number of nitriles is 1. The summed E-state index contributed by atoms with van der Waals surface area (Å²) in [4.78, 5) is 26.8. The minimum Gasteiger partial charge on any atom is -0.495 e. The molecule has 0 spiro atoms. The van der Waals surface area contributed by atoms with E-state index >= 15 is 0 Å². The van der Waals surface area contributed by atoms with Crippen LogP contribution >= 0.6 is 0 Å². The highest BCUT2D eigenvalue weighted by molar-refractivity contribution is 5.94. The van der Waals surface area contributed by atoms with E-state index in [1.807, 2.05) is 18.2 Å². The summed E-state index contributed by atoms with van der Waals surface area (Å²) in [5.74, 6) is 0.452. The Hall–Kier alpha value is -3.53. The van der Waals surface area contributed by atoms with Gasteiger partial charge in [-0.25, -0.2) is 0 Å². The van der Waals surface area contributed by atoms with Crippen LogP contribution in [0.15, 0.2) is 48.5 Å². The Balaban J connectivity index is 1.46. The number of methoxy groups -OCH3 is 1. The molecule has 2 aromatic carbocycles. The molecule has 1 fully saturated rings. The van der Waals surface area contributed by atoms with Crippen LogP contribution < -0.4 is 15.4 Å². The maximum Gasteiger partial charge on any atom is 0.241 e. The van der Waals surface area contributed by atoms with E-state index in [4.69, 9.17) is 10.00 Å². The van der Waals surface area contributed by atoms with Gasteiger partial charge in [0, 0.05) is 24.7 Å². The first-order valence-electron chi connectivity index (χ1n) is 9.56. The molecule has 7 heteroatoms. The molecule has 0 aliphatic carbocycles. The van der Waals surface area contributed by atoms with Gasteiger partial charge in [-0.15, -0.1) is 0 Å². The molecule has 2 aromatic rings. The van der Waals surface area contributed by atoms with E-state index in [0.29, 0.717) is 42.9 Å². The quantitative estimate of drug-likeness (QED) is 0.788. The minimum absolute atomic E-state index is 0.00190. The van der Waals surface area contributed by atoms with E-state index in [0.717, 1.165) is 5.69 Å². The molecule has 0 aromatic heterocycles. The second kappa shape index (κ2) is 9.60. The third kappa shape index (κ3) is 5.26. The van der Waals surface area contributed by atoms with Crippen molar-refractivity contribution in [1.29, 1.82) is 5.26 Å². The molecule has 1 heterocycles. The van der Waals surface area contributed by atoms with Crippen molar-refractivity contribution in [3.05, 3.63) is 54.1 Å². The summed E-state index contributed by atoms with van der Waals surface area (Å²) in [5, 5.41) is 14.8. The number of nitrogens with zero attached hydrogens (tertiary/aromatic N) is 2. The lowest BCUT2D eigenvalue weighted by atomic mass is 9.95. The molecule has 1 aliphatic heterocycles. The van der Waals surface area contributed by atoms with E-state index in [-0.39, 0.29) is 24.3 Å². The lowest BCUT2D eigenvalue weighted by Crippen LogP contribution is -2.43. The Morgan fingerprint density at radius 2 is 1.83 bits per heavy atom. The number of ether oxygens (including phenoxy) is 1. The lowest BCUT2D eigenvalue weighted by Gasteiger charge is -2.31. The first kappa shape index (κ1) is 20.2. The Morgan fingerprint density at radius 3 is 2.48 bits per heavy atom. The number of hydrogen-bond acceptors (Lipinski definition) is 5. The van der Waals surface area contributed by atoms with Gasteiger partial charge in [-0.1, -0.05) is 12.1 Å². The van der Waals surface area contributed by atoms with Crippen molar-refractivity contribution >= 4 is 23.2 Å². The van der Waals surface area contributed by atoms with Gasteiger partial charge in [0.2, 0.25) is 11.8 Å². The molecule has 7 nitrogen and oxygen atoms in total. The van der Waals surface area contributed by atoms with Crippen molar-refractivity contribution in [3.63, 3.8) is 0 Å². The van der Waals surface area contributed by atoms with Crippen LogP contribution in [0.5, 0.6) is 5.75 Å². The molecular formula is C22H24N4O3. The number of carbonyl (C=O) groups is 2. The van der Waals surface area contributed by atoms with Gasteiger partial charge < -0.3 is 20.3 Å². The van der Waals surface area contributed by atoms with Crippen molar-refractivity contribution in [3.8, 4) is 11.8 Å². The van der Waals surface area contributed by atoms with Gasteiger partial charge in [0.15, 0.2) is 0 Å². The van der Waals surface area contributed by atoms with Gasteiger partial charge in [-0.3, -0.25) is 9.59 Å². The van der Waals surface area contributed by atoms with Crippen LogP contribution in [0.25, 0.3) is 0 Å². The summed E-state index contributed by atoms with van der Waals surface area (Å²) in [6, 6.07) is 16.3. The van der Waals surface area contributed by atoms with Crippen LogP contribution in [-0.2, 0) is 9.59 Å². The van der Waals surface area contributed by atoms with Crippen LogP contribution in [0.3, 0.4) is 0 Å². The summed E-state index contributed by atoms with van der Waals surface area (Å²) < 4.78 is 5.27. The number of carbonyl (C=O) groups excluding carboxylic acids is 2. The first-order valence-corrected chi connectivity index (χ1v) is 9.56. The number of anilines is 2. The van der Waals surface area contributed by atoms with Gasteiger partial charge in [0.05, 0.1) is 31.0 Å². The molecule has 3 rings (SSSR count). The third-order valence-corrected chi connectivity index (χ3v) is 5.04. The maximum atomic E-state index is 12.6. The number of likely N-dealkylation sites (tertiary alicyclic amines) is 1. The Morgan fingerprint density at radius 1 is 1.14 bits per heavy atom. The number of rotatable bonds is 6. The molecule has 0 unspecified atom stereocenters. The molecule has 2 N–H and O–H groups in total. The zero-order chi connectivity index (χ0) is 20.6. The van der Waals surface area contributed by atoms with Crippen LogP contribution in [0, 0.1) is 17.2 Å². The fraction of sp³-hybridized carbons (Fsp3) is 0.318. The topological polar surface area (TPSA) is 94.5 Å².